The first-order chi connectivity index (χ1) is 6.77. The third kappa shape index (κ3) is 11.4. The first-order valence-corrected chi connectivity index (χ1v) is 5.37. The number of hydrogen-bond acceptors (Lipinski definition) is 3. The number of carbonyl (C=O) groups excluding carboxylic acids is 1. The number of nitrogens with one attached hydrogen (secondary N) is 3. The Kier molecular flexibility index (Phi) is 10.0. The second kappa shape index (κ2) is 10.5. The Hall–Kier alpha value is -0.610. The van der Waals surface area contributed by atoms with Crippen LogP contribution in [0.15, 0.2) is 0 Å². The SMILES string of the molecule is CNCCCCCNCCNC(C)=O. The van der Waals surface area contributed by atoms with Gasteiger partial charge < -0.3 is 16.0 Å². The van der Waals surface area contributed by atoms with E-state index in [4.69, 9.17) is 0 Å². The largest absolute Gasteiger partial charge is 0.355 e. The van der Waals surface area contributed by atoms with E-state index in [1.54, 1.807) is 0 Å². The number of carbonyl (C=O) groups is 1. The average Bonchev–Trinajstić information content (AvgIpc) is 2.15. The van der Waals surface area contributed by atoms with Crippen molar-refractivity contribution in [3.63, 3.8) is 0 Å². The lowest BCUT2D eigenvalue weighted by Crippen LogP contribution is -2.30. The van der Waals surface area contributed by atoms with Crippen molar-refractivity contribution < 1.29 is 4.79 Å². The van der Waals surface area contributed by atoms with Crippen molar-refractivity contribution in [1.29, 1.82) is 0 Å². The monoisotopic (exact) mass is 201 g/mol. The maximum absolute atomic E-state index is 10.5. The molecule has 0 saturated carbocycles. The van der Waals surface area contributed by atoms with Gasteiger partial charge in [0.2, 0.25) is 5.91 Å². The average molecular weight is 201 g/mol. The molecule has 1 amide bonds. The van der Waals surface area contributed by atoms with Crippen molar-refractivity contribution in [2.75, 3.05) is 33.2 Å². The molecule has 0 atom stereocenters. The van der Waals surface area contributed by atoms with Crippen molar-refractivity contribution in [2.45, 2.75) is 26.2 Å². The fourth-order valence-electron chi connectivity index (χ4n) is 1.18. The summed E-state index contributed by atoms with van der Waals surface area (Å²) in [5.74, 6) is 0.0424. The minimum Gasteiger partial charge on any atom is -0.355 e. The zero-order chi connectivity index (χ0) is 10.6. The van der Waals surface area contributed by atoms with E-state index >= 15 is 0 Å². The van der Waals surface area contributed by atoms with E-state index in [0.29, 0.717) is 0 Å². The summed E-state index contributed by atoms with van der Waals surface area (Å²) in [4.78, 5) is 10.5. The molecule has 4 heteroatoms. The summed E-state index contributed by atoms with van der Waals surface area (Å²) in [7, 11) is 1.98. The second-order valence-corrected chi connectivity index (χ2v) is 3.40. The molecule has 0 radical (unpaired) electrons. The molecule has 0 heterocycles. The molecule has 3 N–H and O–H groups in total. The number of amides is 1. The zero-order valence-corrected chi connectivity index (χ0v) is 9.36. The summed E-state index contributed by atoms with van der Waals surface area (Å²) in [5, 5.41) is 9.15. The van der Waals surface area contributed by atoms with Crippen LogP contribution in [0.25, 0.3) is 0 Å². The molecule has 4 nitrogen and oxygen atoms in total. The molecule has 0 saturated heterocycles. The van der Waals surface area contributed by atoms with Crippen LogP contribution in [0.2, 0.25) is 0 Å². The molecule has 0 aliphatic carbocycles. The molecule has 0 aromatic heterocycles. The van der Waals surface area contributed by atoms with E-state index in [9.17, 15) is 4.79 Å². The van der Waals surface area contributed by atoms with Crippen LogP contribution in [0.3, 0.4) is 0 Å². The van der Waals surface area contributed by atoms with Crippen molar-refractivity contribution >= 4 is 5.91 Å². The van der Waals surface area contributed by atoms with Crippen LogP contribution in [0, 0.1) is 0 Å². The van der Waals surface area contributed by atoms with Gasteiger partial charge in [0, 0.05) is 20.0 Å². The summed E-state index contributed by atoms with van der Waals surface area (Å²) in [6.07, 6.45) is 3.71. The summed E-state index contributed by atoms with van der Waals surface area (Å²) in [5.41, 5.74) is 0. The van der Waals surface area contributed by atoms with Gasteiger partial charge in [-0.15, -0.1) is 0 Å². The minimum absolute atomic E-state index is 0.0424. The standard InChI is InChI=1S/C10H23N3O/c1-10(14)13-9-8-12-7-5-3-4-6-11-2/h11-12H,3-9H2,1-2H3,(H,13,14). The molecule has 0 aliphatic heterocycles. The lowest BCUT2D eigenvalue weighted by atomic mass is 10.2. The van der Waals surface area contributed by atoms with Crippen LogP contribution in [0.5, 0.6) is 0 Å². The Labute approximate surface area is 86.8 Å². The molecule has 0 aromatic rings. The van der Waals surface area contributed by atoms with E-state index < -0.39 is 0 Å². The summed E-state index contributed by atoms with van der Waals surface area (Å²) in [6, 6.07) is 0. The maximum Gasteiger partial charge on any atom is 0.216 e. The maximum atomic E-state index is 10.5. The molecule has 0 fully saturated rings. The van der Waals surface area contributed by atoms with Gasteiger partial charge in [0.25, 0.3) is 0 Å². The Morgan fingerprint density at radius 2 is 1.71 bits per heavy atom. The van der Waals surface area contributed by atoms with Gasteiger partial charge in [-0.1, -0.05) is 6.42 Å². The van der Waals surface area contributed by atoms with Gasteiger partial charge in [0.05, 0.1) is 0 Å². The third-order valence-corrected chi connectivity index (χ3v) is 1.96. The molecule has 14 heavy (non-hydrogen) atoms. The second-order valence-electron chi connectivity index (χ2n) is 3.40. The van der Waals surface area contributed by atoms with Gasteiger partial charge in [-0.25, -0.2) is 0 Å². The van der Waals surface area contributed by atoms with Crippen LogP contribution in [0.4, 0.5) is 0 Å². The highest BCUT2D eigenvalue weighted by Gasteiger charge is 1.90. The molecule has 0 aromatic carbocycles. The van der Waals surface area contributed by atoms with Crippen molar-refractivity contribution in [3.05, 3.63) is 0 Å². The topological polar surface area (TPSA) is 53.2 Å². The highest BCUT2D eigenvalue weighted by molar-refractivity contribution is 5.72. The summed E-state index contributed by atoms with van der Waals surface area (Å²) >= 11 is 0. The van der Waals surface area contributed by atoms with Crippen LogP contribution in [-0.4, -0.2) is 39.1 Å². The van der Waals surface area contributed by atoms with E-state index in [0.717, 1.165) is 26.2 Å². The normalized spacial score (nSPS) is 10.1. The molecular weight excluding hydrogens is 178 g/mol. The molecule has 0 rings (SSSR count). The van der Waals surface area contributed by atoms with Crippen molar-refractivity contribution in [2.24, 2.45) is 0 Å². The fourth-order valence-corrected chi connectivity index (χ4v) is 1.18. The predicted octanol–water partition coefficient (Wildman–Crippen LogP) is 0.102. The highest BCUT2D eigenvalue weighted by atomic mass is 16.1. The molecule has 84 valence electrons. The Bertz CT molecular complexity index is 139. The van der Waals surface area contributed by atoms with Gasteiger partial charge in [0.1, 0.15) is 0 Å². The van der Waals surface area contributed by atoms with Gasteiger partial charge in [0.15, 0.2) is 0 Å². The fraction of sp³-hybridized carbons (Fsp3) is 0.900. The van der Waals surface area contributed by atoms with Gasteiger partial charge in [-0.3, -0.25) is 4.79 Å². The Morgan fingerprint density at radius 3 is 2.36 bits per heavy atom. The van der Waals surface area contributed by atoms with E-state index in [1.807, 2.05) is 7.05 Å². The molecule has 0 spiro atoms. The Balaban J connectivity index is 2.88. The quantitative estimate of drug-likeness (QED) is 0.464. The van der Waals surface area contributed by atoms with Crippen molar-refractivity contribution in [1.82, 2.24) is 16.0 Å². The lowest BCUT2D eigenvalue weighted by molar-refractivity contribution is -0.118. The number of rotatable bonds is 9. The lowest BCUT2D eigenvalue weighted by Gasteiger charge is -2.04. The van der Waals surface area contributed by atoms with Crippen LogP contribution in [-0.2, 0) is 4.79 Å². The van der Waals surface area contributed by atoms with Crippen LogP contribution >= 0.6 is 0 Å². The summed E-state index contributed by atoms with van der Waals surface area (Å²) < 4.78 is 0. The van der Waals surface area contributed by atoms with Gasteiger partial charge in [-0.2, -0.15) is 0 Å². The van der Waals surface area contributed by atoms with Crippen molar-refractivity contribution in [3.8, 4) is 0 Å². The zero-order valence-electron chi connectivity index (χ0n) is 9.36. The smallest absolute Gasteiger partial charge is 0.216 e. The highest BCUT2D eigenvalue weighted by Crippen LogP contribution is 1.91. The van der Waals surface area contributed by atoms with E-state index in [-0.39, 0.29) is 5.91 Å². The first-order valence-electron chi connectivity index (χ1n) is 5.37. The van der Waals surface area contributed by atoms with Gasteiger partial charge >= 0.3 is 0 Å². The third-order valence-electron chi connectivity index (χ3n) is 1.96. The Morgan fingerprint density at radius 1 is 1.00 bits per heavy atom. The summed E-state index contributed by atoms with van der Waals surface area (Å²) in [6.45, 7) is 5.28. The minimum atomic E-state index is 0.0424. The van der Waals surface area contributed by atoms with Gasteiger partial charge in [-0.05, 0) is 33.0 Å². The van der Waals surface area contributed by atoms with Crippen LogP contribution < -0.4 is 16.0 Å². The van der Waals surface area contributed by atoms with E-state index in [1.165, 1.54) is 26.2 Å². The molecule has 0 unspecified atom stereocenters. The molecular formula is C10H23N3O. The van der Waals surface area contributed by atoms with E-state index in [2.05, 4.69) is 16.0 Å². The first kappa shape index (κ1) is 13.4. The number of unbranched alkanes of at least 4 members (excludes halogenated alkanes) is 2. The van der Waals surface area contributed by atoms with Crippen LogP contribution in [0.1, 0.15) is 26.2 Å². The molecule has 0 bridgehead atoms. The predicted molar refractivity (Wildman–Crippen MR) is 59.3 cm³/mol. The molecule has 0 aliphatic rings. The number of hydrogen-bond donors (Lipinski definition) is 3.